The number of halogens is 1. The minimum atomic E-state index is -0.368. The third-order valence-electron chi connectivity index (χ3n) is 2.39. The second kappa shape index (κ2) is 4.40. The van der Waals surface area contributed by atoms with Crippen LogP contribution in [0.25, 0.3) is 10.2 Å². The predicted molar refractivity (Wildman–Crippen MR) is 72.8 cm³/mol. The van der Waals surface area contributed by atoms with Gasteiger partial charge in [-0.2, -0.15) is 0 Å². The van der Waals surface area contributed by atoms with E-state index in [0.717, 1.165) is 15.9 Å². The molecular formula is C11H7ClN4OS. The Balaban J connectivity index is 2.00. The van der Waals surface area contributed by atoms with Gasteiger partial charge in [0.1, 0.15) is 5.02 Å². The molecule has 0 atom stereocenters. The van der Waals surface area contributed by atoms with Crippen LogP contribution in [0.15, 0.2) is 34.8 Å². The Kier molecular flexibility index (Phi) is 2.73. The van der Waals surface area contributed by atoms with Gasteiger partial charge in [0.15, 0.2) is 5.82 Å². The second-order valence-electron chi connectivity index (χ2n) is 3.55. The maximum absolute atomic E-state index is 11.3. The lowest BCUT2D eigenvalue weighted by Gasteiger charge is -2.05. The number of nitrogens with zero attached hydrogens (tertiary/aromatic N) is 2. The molecule has 90 valence electrons. The Morgan fingerprint density at radius 1 is 1.33 bits per heavy atom. The van der Waals surface area contributed by atoms with Crippen LogP contribution in [0.3, 0.4) is 0 Å². The van der Waals surface area contributed by atoms with E-state index in [2.05, 4.69) is 20.3 Å². The van der Waals surface area contributed by atoms with Crippen LogP contribution in [0.2, 0.25) is 5.02 Å². The van der Waals surface area contributed by atoms with Crippen LogP contribution in [0.4, 0.5) is 11.5 Å². The van der Waals surface area contributed by atoms with Crippen molar-refractivity contribution in [3.8, 4) is 0 Å². The molecule has 0 spiro atoms. The van der Waals surface area contributed by atoms with Gasteiger partial charge in [0.25, 0.3) is 5.56 Å². The summed E-state index contributed by atoms with van der Waals surface area (Å²) in [6, 6.07) is 5.70. The van der Waals surface area contributed by atoms with Gasteiger partial charge in [-0.1, -0.05) is 11.6 Å². The molecule has 0 saturated heterocycles. The second-order valence-corrected chi connectivity index (χ2v) is 4.82. The number of anilines is 2. The van der Waals surface area contributed by atoms with Crippen molar-refractivity contribution in [2.24, 2.45) is 0 Å². The molecule has 0 amide bonds. The average Bonchev–Trinajstić information content (AvgIpc) is 2.82. The zero-order chi connectivity index (χ0) is 12.5. The summed E-state index contributed by atoms with van der Waals surface area (Å²) in [5.74, 6) is 0.337. The Labute approximate surface area is 110 Å². The molecule has 0 aliphatic carbocycles. The summed E-state index contributed by atoms with van der Waals surface area (Å²) in [5, 5.41) is 3.05. The van der Waals surface area contributed by atoms with Crippen molar-refractivity contribution in [2.45, 2.75) is 0 Å². The fourth-order valence-corrected chi connectivity index (χ4v) is 2.41. The first-order chi connectivity index (χ1) is 8.74. The molecule has 0 unspecified atom stereocenters. The first kappa shape index (κ1) is 11.2. The van der Waals surface area contributed by atoms with Gasteiger partial charge in [0.2, 0.25) is 0 Å². The molecule has 0 saturated carbocycles. The summed E-state index contributed by atoms with van der Waals surface area (Å²) in [5.41, 5.74) is 3.17. The largest absolute Gasteiger partial charge is 0.339 e. The Bertz CT molecular complexity index is 767. The lowest BCUT2D eigenvalue weighted by molar-refractivity contribution is 1.12. The van der Waals surface area contributed by atoms with E-state index in [1.165, 1.54) is 6.33 Å². The quantitative estimate of drug-likeness (QED) is 0.756. The van der Waals surface area contributed by atoms with Gasteiger partial charge in [-0.3, -0.25) is 4.79 Å². The number of benzene rings is 1. The maximum atomic E-state index is 11.3. The molecule has 0 bridgehead atoms. The first-order valence-electron chi connectivity index (χ1n) is 5.07. The number of hydrogen-bond donors (Lipinski definition) is 2. The van der Waals surface area contributed by atoms with Gasteiger partial charge < -0.3 is 10.3 Å². The number of fused-ring (bicyclic) bond motifs is 1. The average molecular weight is 279 g/mol. The SMILES string of the molecule is O=c1[nH]cnc(Nc2ccc3ncsc3c2)c1Cl. The van der Waals surface area contributed by atoms with E-state index >= 15 is 0 Å². The monoisotopic (exact) mass is 278 g/mol. The summed E-state index contributed by atoms with van der Waals surface area (Å²) in [4.78, 5) is 21.9. The lowest BCUT2D eigenvalue weighted by Crippen LogP contribution is -2.09. The molecule has 2 N–H and O–H groups in total. The molecule has 0 aliphatic rings. The molecule has 5 nitrogen and oxygen atoms in total. The fourth-order valence-electron chi connectivity index (χ4n) is 1.54. The van der Waals surface area contributed by atoms with Crippen LogP contribution < -0.4 is 10.9 Å². The molecule has 3 aromatic rings. The maximum Gasteiger partial charge on any atom is 0.271 e. The topological polar surface area (TPSA) is 70.7 Å². The van der Waals surface area contributed by atoms with E-state index in [9.17, 15) is 4.79 Å². The van der Waals surface area contributed by atoms with Crippen LogP contribution in [0.5, 0.6) is 0 Å². The van der Waals surface area contributed by atoms with Crippen molar-refractivity contribution in [1.82, 2.24) is 15.0 Å². The summed E-state index contributed by atoms with van der Waals surface area (Å²) < 4.78 is 1.06. The number of nitrogens with one attached hydrogen (secondary N) is 2. The van der Waals surface area contributed by atoms with Gasteiger partial charge >= 0.3 is 0 Å². The van der Waals surface area contributed by atoms with Gasteiger partial charge in [-0.05, 0) is 18.2 Å². The highest BCUT2D eigenvalue weighted by molar-refractivity contribution is 7.16. The molecule has 0 radical (unpaired) electrons. The lowest BCUT2D eigenvalue weighted by atomic mass is 10.3. The number of thiazole rings is 1. The Morgan fingerprint density at radius 2 is 2.22 bits per heavy atom. The smallest absolute Gasteiger partial charge is 0.271 e. The number of H-pyrrole nitrogens is 1. The molecule has 1 aromatic carbocycles. The summed E-state index contributed by atoms with van der Waals surface area (Å²) in [7, 11) is 0. The van der Waals surface area contributed by atoms with E-state index in [1.807, 2.05) is 18.2 Å². The van der Waals surface area contributed by atoms with E-state index < -0.39 is 0 Å². The van der Waals surface area contributed by atoms with Crippen molar-refractivity contribution in [3.05, 3.63) is 45.4 Å². The van der Waals surface area contributed by atoms with Crippen molar-refractivity contribution in [1.29, 1.82) is 0 Å². The highest BCUT2D eigenvalue weighted by Gasteiger charge is 2.06. The number of aromatic amines is 1. The van der Waals surface area contributed by atoms with Crippen LogP contribution in [-0.2, 0) is 0 Å². The van der Waals surface area contributed by atoms with E-state index in [0.29, 0.717) is 5.82 Å². The fraction of sp³-hybridized carbons (Fsp3) is 0. The zero-order valence-electron chi connectivity index (χ0n) is 8.98. The van der Waals surface area contributed by atoms with Crippen LogP contribution >= 0.6 is 22.9 Å². The van der Waals surface area contributed by atoms with Crippen molar-refractivity contribution in [3.63, 3.8) is 0 Å². The molecule has 2 heterocycles. The minimum Gasteiger partial charge on any atom is -0.339 e. The molecule has 0 fully saturated rings. The highest BCUT2D eigenvalue weighted by Crippen LogP contribution is 2.25. The highest BCUT2D eigenvalue weighted by atomic mass is 35.5. The third kappa shape index (κ3) is 1.96. The molecule has 0 aliphatic heterocycles. The van der Waals surface area contributed by atoms with Gasteiger partial charge in [-0.25, -0.2) is 9.97 Å². The molecule has 2 aromatic heterocycles. The molecule has 7 heteroatoms. The number of hydrogen-bond acceptors (Lipinski definition) is 5. The number of aromatic nitrogens is 3. The van der Waals surface area contributed by atoms with E-state index in [4.69, 9.17) is 11.6 Å². The van der Waals surface area contributed by atoms with Crippen LogP contribution in [0.1, 0.15) is 0 Å². The summed E-state index contributed by atoms with van der Waals surface area (Å²) in [6.07, 6.45) is 1.31. The first-order valence-corrected chi connectivity index (χ1v) is 6.33. The predicted octanol–water partition coefficient (Wildman–Crippen LogP) is 2.78. The standard InChI is InChI=1S/C11H7ClN4OS/c12-9-10(13-4-14-11(9)17)16-6-1-2-7-8(3-6)18-5-15-7/h1-5H,(H2,13,14,16,17). The van der Waals surface area contributed by atoms with E-state index in [1.54, 1.807) is 16.8 Å². The van der Waals surface area contributed by atoms with Crippen molar-refractivity contribution < 1.29 is 0 Å². The van der Waals surface area contributed by atoms with Gasteiger partial charge in [0, 0.05) is 5.69 Å². The molecule has 3 rings (SSSR count). The van der Waals surface area contributed by atoms with Crippen molar-refractivity contribution >= 4 is 44.7 Å². The third-order valence-corrected chi connectivity index (χ3v) is 3.53. The van der Waals surface area contributed by atoms with E-state index in [-0.39, 0.29) is 10.6 Å². The summed E-state index contributed by atoms with van der Waals surface area (Å²) >= 11 is 7.41. The zero-order valence-corrected chi connectivity index (χ0v) is 10.5. The minimum absolute atomic E-state index is 0.0434. The van der Waals surface area contributed by atoms with Gasteiger partial charge in [-0.15, -0.1) is 11.3 Å². The molecular weight excluding hydrogens is 272 g/mol. The van der Waals surface area contributed by atoms with Crippen molar-refractivity contribution in [2.75, 3.05) is 5.32 Å². The normalized spacial score (nSPS) is 10.7. The molecule has 18 heavy (non-hydrogen) atoms. The Morgan fingerprint density at radius 3 is 3.11 bits per heavy atom. The van der Waals surface area contributed by atoms with Crippen LogP contribution in [0, 0.1) is 0 Å². The van der Waals surface area contributed by atoms with Gasteiger partial charge in [0.05, 0.1) is 22.1 Å². The summed E-state index contributed by atoms with van der Waals surface area (Å²) in [6.45, 7) is 0. The van der Waals surface area contributed by atoms with Crippen LogP contribution in [-0.4, -0.2) is 15.0 Å². The Hall–Kier alpha value is -1.92. The number of rotatable bonds is 2.